The van der Waals surface area contributed by atoms with Crippen molar-refractivity contribution in [3.8, 4) is 0 Å². The van der Waals surface area contributed by atoms with Crippen molar-refractivity contribution in [2.75, 3.05) is 0 Å². The standard InChI is InChI=1S/C26H33F3.C20H23F3/c1-16-3-9-19(10-4-16)20-12-6-18(7-13-20)8-14-22-15-21-11-5-17(2)24(27)23(21)26(29)25(22)28;1-12-3-6-14(7-4-12)8-10-16-11-15-9-5-13(2)18(21)17(15)20(23)19(16)22/h5,11,15-16,18-20H,3-4,6-10,12-14H2,1-2H3;5,9,11-12,14H,3-4,6-8,10H2,1-2H3. The van der Waals surface area contributed by atoms with E-state index in [2.05, 4.69) is 13.8 Å². The molecule has 0 amide bonds. The molecule has 282 valence electrons. The van der Waals surface area contributed by atoms with Crippen molar-refractivity contribution >= 4 is 21.5 Å². The number of hydrogen-bond donors (Lipinski definition) is 0. The van der Waals surface area contributed by atoms with E-state index in [9.17, 15) is 26.3 Å². The monoisotopic (exact) mass is 722 g/mol. The van der Waals surface area contributed by atoms with E-state index >= 15 is 0 Å². The maximum Gasteiger partial charge on any atom is 0.169 e. The molecule has 0 bridgehead atoms. The third-order valence-electron chi connectivity index (χ3n) is 13.2. The summed E-state index contributed by atoms with van der Waals surface area (Å²) in [7, 11) is 0. The second kappa shape index (κ2) is 17.0. The molecule has 0 radical (unpaired) electrons. The first-order chi connectivity index (χ1) is 24.9. The van der Waals surface area contributed by atoms with Gasteiger partial charge in [0.2, 0.25) is 0 Å². The van der Waals surface area contributed by atoms with E-state index in [0.717, 1.165) is 36.5 Å². The van der Waals surface area contributed by atoms with Crippen LogP contribution in [0.3, 0.4) is 0 Å². The Labute approximate surface area is 306 Å². The Morgan fingerprint density at radius 2 is 0.788 bits per heavy atom. The van der Waals surface area contributed by atoms with Gasteiger partial charge in [-0.15, -0.1) is 0 Å². The molecule has 3 aliphatic carbocycles. The van der Waals surface area contributed by atoms with Crippen molar-refractivity contribution in [2.45, 2.75) is 130 Å². The Hall–Kier alpha value is -3.02. The summed E-state index contributed by atoms with van der Waals surface area (Å²) in [5.41, 5.74) is 1.44. The lowest BCUT2D eigenvalue weighted by atomic mass is 9.69. The summed E-state index contributed by atoms with van der Waals surface area (Å²) in [6, 6.07) is 9.86. The summed E-state index contributed by atoms with van der Waals surface area (Å²) >= 11 is 0. The second-order valence-corrected chi connectivity index (χ2v) is 16.9. The third kappa shape index (κ3) is 8.68. The van der Waals surface area contributed by atoms with Gasteiger partial charge in [0.05, 0.1) is 10.8 Å². The van der Waals surface area contributed by atoms with Crippen LogP contribution in [0.15, 0.2) is 36.4 Å². The highest BCUT2D eigenvalue weighted by Crippen LogP contribution is 2.42. The molecular formula is C46H56F6. The van der Waals surface area contributed by atoms with Crippen LogP contribution in [0.4, 0.5) is 26.3 Å². The van der Waals surface area contributed by atoms with Gasteiger partial charge in [-0.05, 0) is 146 Å². The van der Waals surface area contributed by atoms with Gasteiger partial charge in [-0.2, -0.15) is 0 Å². The second-order valence-electron chi connectivity index (χ2n) is 16.9. The molecule has 0 spiro atoms. The van der Waals surface area contributed by atoms with Gasteiger partial charge in [-0.25, -0.2) is 26.3 Å². The van der Waals surface area contributed by atoms with Crippen LogP contribution in [0.2, 0.25) is 0 Å². The molecule has 4 aromatic carbocycles. The Balaban J connectivity index is 0.000000183. The first kappa shape index (κ1) is 38.7. The van der Waals surface area contributed by atoms with Crippen LogP contribution in [0.5, 0.6) is 0 Å². The number of rotatable bonds is 7. The summed E-state index contributed by atoms with van der Waals surface area (Å²) in [4.78, 5) is 0. The molecule has 0 unspecified atom stereocenters. The van der Waals surface area contributed by atoms with Gasteiger partial charge in [0.15, 0.2) is 23.3 Å². The molecule has 4 aromatic rings. The highest BCUT2D eigenvalue weighted by atomic mass is 19.2. The average Bonchev–Trinajstić information content (AvgIpc) is 3.14. The zero-order chi connectivity index (χ0) is 37.1. The molecule has 0 atom stereocenters. The third-order valence-corrected chi connectivity index (χ3v) is 13.2. The van der Waals surface area contributed by atoms with E-state index in [1.165, 1.54) is 77.0 Å². The highest BCUT2D eigenvalue weighted by Gasteiger charge is 2.30. The molecule has 7 rings (SSSR count). The number of hydrogen-bond acceptors (Lipinski definition) is 0. The van der Waals surface area contributed by atoms with Crippen molar-refractivity contribution in [3.05, 3.63) is 93.6 Å². The Morgan fingerprint density at radius 3 is 1.19 bits per heavy atom. The number of halogens is 6. The summed E-state index contributed by atoms with van der Waals surface area (Å²) in [6.07, 6.45) is 18.2. The first-order valence-corrected chi connectivity index (χ1v) is 20.0. The molecule has 0 N–H and O–H groups in total. The molecule has 3 aliphatic rings. The molecule has 0 aromatic heterocycles. The van der Waals surface area contributed by atoms with Gasteiger partial charge < -0.3 is 0 Å². The fourth-order valence-electron chi connectivity index (χ4n) is 9.49. The quantitative estimate of drug-likeness (QED) is 0.167. The lowest BCUT2D eigenvalue weighted by Gasteiger charge is -2.37. The molecule has 3 fully saturated rings. The lowest BCUT2D eigenvalue weighted by Crippen LogP contribution is -2.25. The predicted molar refractivity (Wildman–Crippen MR) is 201 cm³/mol. The van der Waals surface area contributed by atoms with E-state index in [0.29, 0.717) is 57.7 Å². The van der Waals surface area contributed by atoms with Crippen LogP contribution >= 0.6 is 0 Å². The van der Waals surface area contributed by atoms with Crippen LogP contribution in [0.1, 0.15) is 126 Å². The van der Waals surface area contributed by atoms with Crippen molar-refractivity contribution < 1.29 is 26.3 Å². The van der Waals surface area contributed by atoms with Crippen molar-refractivity contribution in [2.24, 2.45) is 35.5 Å². The lowest BCUT2D eigenvalue weighted by molar-refractivity contribution is 0.147. The van der Waals surface area contributed by atoms with Crippen molar-refractivity contribution in [1.82, 2.24) is 0 Å². The van der Waals surface area contributed by atoms with Gasteiger partial charge in [-0.3, -0.25) is 0 Å². The zero-order valence-corrected chi connectivity index (χ0v) is 31.5. The van der Waals surface area contributed by atoms with Crippen molar-refractivity contribution in [1.29, 1.82) is 0 Å². The largest absolute Gasteiger partial charge is 0.206 e. The first-order valence-electron chi connectivity index (χ1n) is 20.0. The Morgan fingerprint density at radius 1 is 0.442 bits per heavy atom. The van der Waals surface area contributed by atoms with E-state index in [1.807, 2.05) is 0 Å². The van der Waals surface area contributed by atoms with Crippen LogP contribution in [0, 0.1) is 84.3 Å². The molecule has 0 saturated heterocycles. The summed E-state index contributed by atoms with van der Waals surface area (Å²) in [5, 5.41) is 0.461. The fourth-order valence-corrected chi connectivity index (χ4v) is 9.49. The normalized spacial score (nSPS) is 25.3. The zero-order valence-electron chi connectivity index (χ0n) is 31.5. The van der Waals surface area contributed by atoms with Crippen LogP contribution in [-0.4, -0.2) is 0 Å². The molecule has 3 saturated carbocycles. The molecule has 0 nitrogen and oxygen atoms in total. The van der Waals surface area contributed by atoms with Crippen LogP contribution < -0.4 is 0 Å². The minimum absolute atomic E-state index is 0.214. The number of fused-ring (bicyclic) bond motifs is 2. The summed E-state index contributed by atoms with van der Waals surface area (Å²) < 4.78 is 86.1. The minimum Gasteiger partial charge on any atom is -0.206 e. The smallest absolute Gasteiger partial charge is 0.169 e. The Kier molecular flexibility index (Phi) is 12.6. The van der Waals surface area contributed by atoms with E-state index in [-0.39, 0.29) is 10.8 Å². The molecular weight excluding hydrogens is 666 g/mol. The van der Waals surface area contributed by atoms with Crippen LogP contribution in [0.25, 0.3) is 21.5 Å². The van der Waals surface area contributed by atoms with Gasteiger partial charge in [0.25, 0.3) is 0 Å². The topological polar surface area (TPSA) is 0 Å². The van der Waals surface area contributed by atoms with E-state index in [4.69, 9.17) is 0 Å². The maximum atomic E-state index is 14.6. The van der Waals surface area contributed by atoms with E-state index < -0.39 is 34.9 Å². The fraction of sp³-hybridized carbons (Fsp3) is 0.565. The maximum absolute atomic E-state index is 14.6. The highest BCUT2D eigenvalue weighted by molar-refractivity contribution is 5.86. The number of benzene rings is 4. The SMILES string of the molecule is Cc1ccc2cc(CCC3CCC(C)CC3)c(F)c(F)c2c1F.Cc1ccc2cc(CCC3CCC(C4CCC(C)CC4)CC3)c(F)c(F)c2c1F. The molecule has 0 aliphatic heterocycles. The van der Waals surface area contributed by atoms with Gasteiger partial charge >= 0.3 is 0 Å². The van der Waals surface area contributed by atoms with Gasteiger partial charge in [0.1, 0.15) is 11.6 Å². The molecule has 6 heteroatoms. The van der Waals surface area contributed by atoms with Gasteiger partial charge in [-0.1, -0.05) is 89.5 Å². The predicted octanol–water partition coefficient (Wildman–Crippen LogP) is 14.5. The van der Waals surface area contributed by atoms with E-state index in [1.54, 1.807) is 50.2 Å². The summed E-state index contributed by atoms with van der Waals surface area (Å²) in [6.45, 7) is 7.77. The minimum atomic E-state index is -1.05. The Bertz CT molecular complexity index is 1840. The number of aryl methyl sites for hydroxylation is 4. The van der Waals surface area contributed by atoms with Crippen molar-refractivity contribution in [3.63, 3.8) is 0 Å². The van der Waals surface area contributed by atoms with Gasteiger partial charge in [0, 0.05) is 0 Å². The summed E-state index contributed by atoms with van der Waals surface area (Å²) in [5.74, 6) is -0.474. The molecule has 0 heterocycles. The van der Waals surface area contributed by atoms with Crippen LogP contribution in [-0.2, 0) is 12.8 Å². The average molecular weight is 723 g/mol. The molecule has 52 heavy (non-hydrogen) atoms.